The predicted molar refractivity (Wildman–Crippen MR) is 132 cm³/mol. The van der Waals surface area contributed by atoms with Crippen LogP contribution in [0.15, 0.2) is 42.5 Å². The van der Waals surface area contributed by atoms with E-state index in [4.69, 9.17) is 4.74 Å². The van der Waals surface area contributed by atoms with Crippen molar-refractivity contribution in [1.82, 2.24) is 9.80 Å². The van der Waals surface area contributed by atoms with E-state index in [-0.39, 0.29) is 55.7 Å². The second-order valence-corrected chi connectivity index (χ2v) is 8.48. The minimum atomic E-state index is -0.352. The maximum Gasteiger partial charge on any atom is 0.265 e. The van der Waals surface area contributed by atoms with Crippen molar-refractivity contribution < 1.29 is 28.7 Å². The lowest BCUT2D eigenvalue weighted by molar-refractivity contribution is -0.131. The number of carbonyl (C=O) groups excluding carboxylic acids is 5. The topological polar surface area (TPSA) is 116 Å². The molecule has 0 unspecified atom stereocenters. The monoisotopic (exact) mass is 492 g/mol. The summed E-state index contributed by atoms with van der Waals surface area (Å²) in [6.45, 7) is 4.68. The number of hydrogen-bond acceptors (Lipinski definition) is 6. The molecule has 0 radical (unpaired) electrons. The molecule has 2 aromatic rings. The number of amides is 5. The van der Waals surface area contributed by atoms with Gasteiger partial charge in [-0.15, -0.1) is 0 Å². The summed E-state index contributed by atoms with van der Waals surface area (Å²) in [6, 6.07) is 11.5. The Morgan fingerprint density at radius 1 is 0.972 bits per heavy atom. The summed E-state index contributed by atoms with van der Waals surface area (Å²) in [5, 5.41) is 2.77. The van der Waals surface area contributed by atoms with E-state index in [2.05, 4.69) is 5.32 Å². The fraction of sp³-hybridized carbons (Fsp3) is 0.346. The Balaban J connectivity index is 1.37. The van der Waals surface area contributed by atoms with Crippen LogP contribution >= 0.6 is 0 Å². The highest BCUT2D eigenvalue weighted by Gasteiger charge is 2.34. The van der Waals surface area contributed by atoms with E-state index in [9.17, 15) is 24.0 Å². The van der Waals surface area contributed by atoms with Gasteiger partial charge in [0.05, 0.1) is 16.8 Å². The average molecular weight is 493 g/mol. The first-order valence-electron chi connectivity index (χ1n) is 11.9. The van der Waals surface area contributed by atoms with Gasteiger partial charge in [0.2, 0.25) is 11.8 Å². The smallest absolute Gasteiger partial charge is 0.265 e. The lowest BCUT2D eigenvalue weighted by Crippen LogP contribution is -2.46. The molecule has 10 heteroatoms. The molecule has 0 aliphatic carbocycles. The molecule has 4 rings (SSSR count). The van der Waals surface area contributed by atoms with Crippen molar-refractivity contribution in [2.24, 2.45) is 0 Å². The quantitative estimate of drug-likeness (QED) is 0.537. The molecular formula is C26H28N4O6. The van der Waals surface area contributed by atoms with Crippen molar-refractivity contribution in [3.63, 3.8) is 0 Å². The van der Waals surface area contributed by atoms with Crippen LogP contribution in [0.1, 0.15) is 47.4 Å². The molecular weight excluding hydrogens is 464 g/mol. The molecule has 10 nitrogen and oxygen atoms in total. The summed E-state index contributed by atoms with van der Waals surface area (Å²) in [7, 11) is 0. The summed E-state index contributed by atoms with van der Waals surface area (Å²) >= 11 is 0. The molecule has 0 saturated carbocycles. The SMILES string of the molecule is CCN(CC)C(=O)CN1C(=O)COc2ccc(NC(=O)CCCN3C(=O)c4ccccc4C3=O)cc21. The van der Waals surface area contributed by atoms with Gasteiger partial charge < -0.3 is 15.0 Å². The zero-order chi connectivity index (χ0) is 25.8. The second-order valence-electron chi connectivity index (χ2n) is 8.48. The van der Waals surface area contributed by atoms with Gasteiger partial charge in [-0.3, -0.25) is 33.8 Å². The molecule has 2 aromatic carbocycles. The Morgan fingerprint density at radius 2 is 1.64 bits per heavy atom. The Labute approximate surface area is 208 Å². The van der Waals surface area contributed by atoms with Gasteiger partial charge in [0, 0.05) is 31.7 Å². The third-order valence-corrected chi connectivity index (χ3v) is 6.26. The van der Waals surface area contributed by atoms with Gasteiger partial charge in [-0.1, -0.05) is 12.1 Å². The number of benzene rings is 2. The van der Waals surface area contributed by atoms with Gasteiger partial charge in [-0.05, 0) is 50.6 Å². The molecule has 0 aromatic heterocycles. The van der Waals surface area contributed by atoms with E-state index in [1.165, 1.54) is 4.90 Å². The Bertz CT molecular complexity index is 1190. The third-order valence-electron chi connectivity index (χ3n) is 6.26. The van der Waals surface area contributed by atoms with Crippen LogP contribution in [0.3, 0.4) is 0 Å². The highest BCUT2D eigenvalue weighted by Crippen LogP contribution is 2.34. The van der Waals surface area contributed by atoms with Crippen LogP contribution in [0.25, 0.3) is 0 Å². The number of likely N-dealkylation sites (N-methyl/N-ethyl adjacent to an activating group) is 1. The van der Waals surface area contributed by atoms with Crippen molar-refractivity contribution in [3.8, 4) is 5.75 Å². The van der Waals surface area contributed by atoms with Crippen molar-refractivity contribution in [2.45, 2.75) is 26.7 Å². The standard InChI is InChI=1S/C26H28N4O6/c1-3-28(4-2)23(32)15-30-20-14-17(11-12-21(20)36-16-24(30)33)27-22(31)10-7-13-29-25(34)18-8-5-6-9-19(18)26(29)35/h5-6,8-9,11-12,14H,3-4,7,10,13,15-16H2,1-2H3,(H,27,31). The fourth-order valence-electron chi connectivity index (χ4n) is 4.33. The Kier molecular flexibility index (Phi) is 7.33. The van der Waals surface area contributed by atoms with Gasteiger partial charge in [0.15, 0.2) is 6.61 Å². The average Bonchev–Trinajstić information content (AvgIpc) is 3.11. The number of carbonyl (C=O) groups is 5. The number of fused-ring (bicyclic) bond motifs is 2. The molecule has 5 amide bonds. The molecule has 2 aliphatic rings. The van der Waals surface area contributed by atoms with Gasteiger partial charge in [0.25, 0.3) is 17.7 Å². The normalized spacial score (nSPS) is 14.3. The van der Waals surface area contributed by atoms with Crippen LogP contribution in [0.4, 0.5) is 11.4 Å². The Hall–Kier alpha value is -4.21. The number of anilines is 2. The van der Waals surface area contributed by atoms with E-state index in [0.29, 0.717) is 47.8 Å². The van der Waals surface area contributed by atoms with Crippen LogP contribution in [0.5, 0.6) is 5.75 Å². The van der Waals surface area contributed by atoms with Crippen molar-refractivity contribution in [3.05, 3.63) is 53.6 Å². The van der Waals surface area contributed by atoms with Gasteiger partial charge >= 0.3 is 0 Å². The number of ether oxygens (including phenoxy) is 1. The van der Waals surface area contributed by atoms with Crippen LogP contribution < -0.4 is 15.0 Å². The molecule has 188 valence electrons. The molecule has 0 saturated heterocycles. The van der Waals surface area contributed by atoms with Crippen LogP contribution in [0, 0.1) is 0 Å². The summed E-state index contributed by atoms with van der Waals surface area (Å²) in [5.41, 5.74) is 1.61. The molecule has 0 spiro atoms. The van der Waals surface area contributed by atoms with Gasteiger partial charge in [-0.25, -0.2) is 0 Å². The fourth-order valence-corrected chi connectivity index (χ4v) is 4.33. The highest BCUT2D eigenvalue weighted by molar-refractivity contribution is 6.21. The van der Waals surface area contributed by atoms with Crippen molar-refractivity contribution >= 4 is 40.9 Å². The van der Waals surface area contributed by atoms with E-state index in [1.807, 2.05) is 13.8 Å². The van der Waals surface area contributed by atoms with Gasteiger partial charge in [0.1, 0.15) is 12.3 Å². The zero-order valence-corrected chi connectivity index (χ0v) is 20.3. The van der Waals surface area contributed by atoms with E-state index in [1.54, 1.807) is 47.4 Å². The number of imide groups is 1. The van der Waals surface area contributed by atoms with E-state index >= 15 is 0 Å². The van der Waals surface area contributed by atoms with Crippen molar-refractivity contribution in [1.29, 1.82) is 0 Å². The molecule has 36 heavy (non-hydrogen) atoms. The third kappa shape index (κ3) is 4.93. The van der Waals surface area contributed by atoms with E-state index in [0.717, 1.165) is 4.90 Å². The number of nitrogens with zero attached hydrogens (tertiary/aromatic N) is 3. The lowest BCUT2D eigenvalue weighted by Gasteiger charge is -2.31. The first kappa shape index (κ1) is 24.9. The van der Waals surface area contributed by atoms with E-state index < -0.39 is 0 Å². The minimum Gasteiger partial charge on any atom is -0.482 e. The number of hydrogen-bond donors (Lipinski definition) is 1. The lowest BCUT2D eigenvalue weighted by atomic mass is 10.1. The summed E-state index contributed by atoms with van der Waals surface area (Å²) < 4.78 is 5.49. The largest absolute Gasteiger partial charge is 0.482 e. The first-order valence-corrected chi connectivity index (χ1v) is 11.9. The molecule has 1 N–H and O–H groups in total. The minimum absolute atomic E-state index is 0.0874. The molecule has 2 heterocycles. The maximum atomic E-state index is 12.6. The molecule has 0 fully saturated rings. The summed E-state index contributed by atoms with van der Waals surface area (Å²) in [6.07, 6.45) is 0.387. The number of rotatable bonds is 9. The zero-order valence-electron chi connectivity index (χ0n) is 20.3. The molecule has 2 aliphatic heterocycles. The predicted octanol–water partition coefficient (Wildman–Crippen LogP) is 2.30. The van der Waals surface area contributed by atoms with Crippen LogP contribution in [-0.2, 0) is 14.4 Å². The van der Waals surface area contributed by atoms with Crippen molar-refractivity contribution in [2.75, 3.05) is 43.0 Å². The molecule has 0 bridgehead atoms. The van der Waals surface area contributed by atoms with Crippen LogP contribution in [0.2, 0.25) is 0 Å². The van der Waals surface area contributed by atoms with Gasteiger partial charge in [-0.2, -0.15) is 0 Å². The number of nitrogens with one attached hydrogen (secondary N) is 1. The second kappa shape index (κ2) is 10.6. The Morgan fingerprint density at radius 3 is 2.28 bits per heavy atom. The van der Waals surface area contributed by atoms with Crippen LogP contribution in [-0.4, -0.2) is 72.1 Å². The highest BCUT2D eigenvalue weighted by atomic mass is 16.5. The molecule has 0 atom stereocenters. The first-order chi connectivity index (χ1) is 17.3. The summed E-state index contributed by atoms with van der Waals surface area (Å²) in [4.78, 5) is 66.8. The summed E-state index contributed by atoms with van der Waals surface area (Å²) in [5.74, 6) is -1.08. The maximum absolute atomic E-state index is 12.6.